The lowest BCUT2D eigenvalue weighted by atomic mass is 10.1. The molecule has 100 valence electrons. The lowest BCUT2D eigenvalue weighted by Crippen LogP contribution is -2.03. The third-order valence-corrected chi connectivity index (χ3v) is 2.92. The molecule has 0 radical (unpaired) electrons. The van der Waals surface area contributed by atoms with E-state index in [2.05, 4.69) is 21.9 Å². The van der Waals surface area contributed by atoms with Gasteiger partial charge in [0.15, 0.2) is 11.6 Å². The van der Waals surface area contributed by atoms with Crippen molar-refractivity contribution in [3.05, 3.63) is 53.2 Å². The van der Waals surface area contributed by atoms with Crippen LogP contribution in [0.1, 0.15) is 34.1 Å². The van der Waals surface area contributed by atoms with Crippen LogP contribution in [-0.4, -0.2) is 18.1 Å². The number of hydrogen-bond acceptors (Lipinski definition) is 4. The minimum Gasteiger partial charge on any atom is -0.464 e. The number of nitrogens with zero attached hydrogens (tertiary/aromatic N) is 1. The molecule has 0 saturated carbocycles. The number of benzene rings is 1. The van der Waals surface area contributed by atoms with E-state index in [0.29, 0.717) is 18.1 Å². The highest BCUT2D eigenvalue weighted by molar-refractivity contribution is 5.88. The van der Waals surface area contributed by atoms with Crippen molar-refractivity contribution in [3.63, 3.8) is 0 Å². The Balaban J connectivity index is 1.92. The molecule has 1 heterocycles. The maximum absolute atomic E-state index is 11.4. The number of esters is 1. The number of carbonyl (C=O) groups is 1. The van der Waals surface area contributed by atoms with Crippen LogP contribution in [0.5, 0.6) is 0 Å². The third-order valence-electron chi connectivity index (χ3n) is 2.92. The molecule has 0 amide bonds. The highest BCUT2D eigenvalue weighted by atomic mass is 16.5. The van der Waals surface area contributed by atoms with E-state index in [-0.39, 0.29) is 5.69 Å². The van der Waals surface area contributed by atoms with Crippen LogP contribution in [0.3, 0.4) is 0 Å². The summed E-state index contributed by atoms with van der Waals surface area (Å²) >= 11 is 0. The van der Waals surface area contributed by atoms with Crippen LogP contribution in [0.15, 0.2) is 34.7 Å². The van der Waals surface area contributed by atoms with Crippen LogP contribution in [0.2, 0.25) is 0 Å². The summed E-state index contributed by atoms with van der Waals surface area (Å²) in [7, 11) is 1.34. The number of carbonyl (C=O) groups excluding carboxylic acids is 1. The molecule has 1 aromatic carbocycles. The van der Waals surface area contributed by atoms with E-state index in [9.17, 15) is 4.79 Å². The van der Waals surface area contributed by atoms with E-state index < -0.39 is 5.97 Å². The summed E-state index contributed by atoms with van der Waals surface area (Å²) in [6.45, 7) is 1.72. The Morgan fingerprint density at radius 2 is 2.00 bits per heavy atom. The molecular weight excluding hydrogens is 242 g/mol. The first-order chi connectivity index (χ1) is 9.20. The van der Waals surface area contributed by atoms with Gasteiger partial charge in [-0.1, -0.05) is 30.3 Å². The Kier molecular flexibility index (Phi) is 4.34. The van der Waals surface area contributed by atoms with Gasteiger partial charge in [0, 0.05) is 6.42 Å². The van der Waals surface area contributed by atoms with Crippen molar-refractivity contribution in [1.29, 1.82) is 0 Å². The van der Waals surface area contributed by atoms with Gasteiger partial charge < -0.3 is 9.15 Å². The Morgan fingerprint density at radius 3 is 2.68 bits per heavy atom. The van der Waals surface area contributed by atoms with Crippen molar-refractivity contribution in [1.82, 2.24) is 4.98 Å². The fourth-order valence-corrected chi connectivity index (χ4v) is 1.93. The van der Waals surface area contributed by atoms with Crippen molar-refractivity contribution < 1.29 is 13.9 Å². The van der Waals surface area contributed by atoms with E-state index in [0.717, 1.165) is 12.8 Å². The normalized spacial score (nSPS) is 10.4. The second-order valence-corrected chi connectivity index (χ2v) is 4.34. The Bertz CT molecular complexity index is 546. The van der Waals surface area contributed by atoms with Crippen molar-refractivity contribution >= 4 is 5.97 Å². The van der Waals surface area contributed by atoms with E-state index in [1.807, 2.05) is 18.2 Å². The molecule has 0 atom stereocenters. The molecule has 4 nitrogen and oxygen atoms in total. The Labute approximate surface area is 112 Å². The first-order valence-electron chi connectivity index (χ1n) is 6.29. The average molecular weight is 259 g/mol. The molecule has 0 N–H and O–H groups in total. The van der Waals surface area contributed by atoms with E-state index in [4.69, 9.17) is 4.42 Å². The number of methoxy groups -OCH3 is 1. The summed E-state index contributed by atoms with van der Waals surface area (Å²) in [5, 5.41) is 0. The van der Waals surface area contributed by atoms with Gasteiger partial charge in [0.1, 0.15) is 5.76 Å². The zero-order valence-electron chi connectivity index (χ0n) is 11.2. The summed E-state index contributed by atoms with van der Waals surface area (Å²) in [5.41, 5.74) is 1.57. The van der Waals surface area contributed by atoms with Gasteiger partial charge in [-0.15, -0.1) is 0 Å². The Morgan fingerprint density at radius 1 is 1.26 bits per heavy atom. The molecule has 0 fully saturated rings. The largest absolute Gasteiger partial charge is 0.464 e. The summed E-state index contributed by atoms with van der Waals surface area (Å²) in [6, 6.07) is 10.3. The van der Waals surface area contributed by atoms with Gasteiger partial charge in [-0.05, 0) is 25.3 Å². The van der Waals surface area contributed by atoms with Crippen LogP contribution in [0.4, 0.5) is 0 Å². The SMILES string of the molecule is COC(=O)c1nc(CCCc2ccccc2)oc1C. The summed E-state index contributed by atoms with van der Waals surface area (Å²) in [6.07, 6.45) is 2.62. The zero-order chi connectivity index (χ0) is 13.7. The third kappa shape index (κ3) is 3.44. The predicted octanol–water partition coefficient (Wildman–Crippen LogP) is 2.94. The maximum atomic E-state index is 11.4. The van der Waals surface area contributed by atoms with E-state index in [1.54, 1.807) is 6.92 Å². The van der Waals surface area contributed by atoms with Crippen LogP contribution in [-0.2, 0) is 17.6 Å². The molecule has 19 heavy (non-hydrogen) atoms. The molecular formula is C15H17NO3. The van der Waals surface area contributed by atoms with Crippen molar-refractivity contribution in [2.45, 2.75) is 26.2 Å². The predicted molar refractivity (Wildman–Crippen MR) is 71.0 cm³/mol. The molecule has 0 bridgehead atoms. The molecule has 2 aromatic rings. The van der Waals surface area contributed by atoms with Crippen LogP contribution >= 0.6 is 0 Å². The van der Waals surface area contributed by atoms with Gasteiger partial charge in [-0.25, -0.2) is 9.78 Å². The zero-order valence-corrected chi connectivity index (χ0v) is 11.2. The summed E-state index contributed by atoms with van der Waals surface area (Å²) in [4.78, 5) is 15.6. The van der Waals surface area contributed by atoms with Gasteiger partial charge in [-0.2, -0.15) is 0 Å². The highest BCUT2D eigenvalue weighted by Gasteiger charge is 2.16. The number of rotatable bonds is 5. The fraction of sp³-hybridized carbons (Fsp3) is 0.333. The number of aryl methyl sites for hydroxylation is 3. The van der Waals surface area contributed by atoms with Gasteiger partial charge in [0.05, 0.1) is 7.11 Å². The van der Waals surface area contributed by atoms with Crippen molar-refractivity contribution in [2.24, 2.45) is 0 Å². The second-order valence-electron chi connectivity index (χ2n) is 4.34. The van der Waals surface area contributed by atoms with Gasteiger partial charge in [0.25, 0.3) is 0 Å². The van der Waals surface area contributed by atoms with E-state index >= 15 is 0 Å². The fourth-order valence-electron chi connectivity index (χ4n) is 1.93. The lowest BCUT2D eigenvalue weighted by molar-refractivity contribution is 0.0593. The number of hydrogen-bond donors (Lipinski definition) is 0. The van der Waals surface area contributed by atoms with Crippen LogP contribution < -0.4 is 0 Å². The standard InChI is InChI=1S/C15H17NO3/c1-11-14(15(17)18-2)16-13(19-11)10-6-9-12-7-4-3-5-8-12/h3-5,7-8H,6,9-10H2,1-2H3. The Hall–Kier alpha value is -2.10. The molecule has 0 unspecified atom stereocenters. The molecule has 0 aliphatic rings. The van der Waals surface area contributed by atoms with Crippen LogP contribution in [0, 0.1) is 6.92 Å². The molecule has 4 heteroatoms. The molecule has 0 spiro atoms. The molecule has 2 rings (SSSR count). The van der Waals surface area contributed by atoms with Gasteiger partial charge >= 0.3 is 5.97 Å². The number of oxazole rings is 1. The lowest BCUT2D eigenvalue weighted by Gasteiger charge is -1.98. The second kappa shape index (κ2) is 6.18. The molecule has 1 aromatic heterocycles. The molecule has 0 aliphatic carbocycles. The molecule has 0 aliphatic heterocycles. The average Bonchev–Trinajstić information content (AvgIpc) is 2.80. The number of ether oxygens (including phenoxy) is 1. The van der Waals surface area contributed by atoms with Gasteiger partial charge in [-0.3, -0.25) is 0 Å². The highest BCUT2D eigenvalue weighted by Crippen LogP contribution is 2.13. The maximum Gasteiger partial charge on any atom is 0.360 e. The van der Waals surface area contributed by atoms with Crippen molar-refractivity contribution in [2.75, 3.05) is 7.11 Å². The first-order valence-corrected chi connectivity index (χ1v) is 6.29. The van der Waals surface area contributed by atoms with E-state index in [1.165, 1.54) is 12.7 Å². The quantitative estimate of drug-likeness (QED) is 0.775. The number of aromatic nitrogens is 1. The summed E-state index contributed by atoms with van der Waals surface area (Å²) < 4.78 is 10.1. The monoisotopic (exact) mass is 259 g/mol. The summed E-state index contributed by atoms with van der Waals surface area (Å²) in [5.74, 6) is 0.658. The van der Waals surface area contributed by atoms with Crippen molar-refractivity contribution in [3.8, 4) is 0 Å². The minimum atomic E-state index is -0.449. The van der Waals surface area contributed by atoms with Crippen LogP contribution in [0.25, 0.3) is 0 Å². The smallest absolute Gasteiger partial charge is 0.360 e. The minimum absolute atomic E-state index is 0.275. The molecule has 0 saturated heterocycles. The first kappa shape index (κ1) is 13.3. The topological polar surface area (TPSA) is 52.3 Å². The van der Waals surface area contributed by atoms with Gasteiger partial charge in [0.2, 0.25) is 0 Å².